The predicted molar refractivity (Wildman–Crippen MR) is 66.3 cm³/mol. The summed E-state index contributed by atoms with van der Waals surface area (Å²) in [5.41, 5.74) is 0.831. The van der Waals surface area contributed by atoms with Gasteiger partial charge in [0.2, 0.25) is 0 Å². The molecular weight excluding hydrogens is 271 g/mol. The highest BCUT2D eigenvalue weighted by molar-refractivity contribution is 14.1. The van der Waals surface area contributed by atoms with E-state index in [1.165, 1.54) is 38.5 Å². The molecule has 76 valence electrons. The van der Waals surface area contributed by atoms with Crippen LogP contribution >= 0.6 is 22.6 Å². The molecule has 0 aromatic heterocycles. The third kappa shape index (κ3) is 2.05. The summed E-state index contributed by atoms with van der Waals surface area (Å²) in [5, 5.41) is 0. The molecule has 0 radical (unpaired) electrons. The lowest BCUT2D eigenvalue weighted by Crippen LogP contribution is -2.41. The second-order valence-electron chi connectivity index (χ2n) is 5.59. The van der Waals surface area contributed by atoms with Crippen LogP contribution in [0.4, 0.5) is 0 Å². The van der Waals surface area contributed by atoms with Crippen LogP contribution < -0.4 is 0 Å². The van der Waals surface area contributed by atoms with Crippen LogP contribution in [0, 0.1) is 17.3 Å². The molecule has 2 rings (SSSR count). The van der Waals surface area contributed by atoms with E-state index >= 15 is 0 Å². The average Bonchev–Trinajstić information content (AvgIpc) is 2.03. The van der Waals surface area contributed by atoms with Crippen LogP contribution in [0.3, 0.4) is 0 Å². The van der Waals surface area contributed by atoms with Crippen molar-refractivity contribution in [1.29, 1.82) is 0 Å². The molecule has 0 nitrogen and oxygen atoms in total. The van der Waals surface area contributed by atoms with E-state index < -0.39 is 0 Å². The molecule has 0 saturated heterocycles. The van der Waals surface area contributed by atoms with Gasteiger partial charge in [-0.2, -0.15) is 0 Å². The normalized spacial score (nSPS) is 45.2. The lowest BCUT2D eigenvalue weighted by molar-refractivity contribution is 0.0550. The van der Waals surface area contributed by atoms with E-state index in [4.69, 9.17) is 0 Å². The van der Waals surface area contributed by atoms with Gasteiger partial charge in [0, 0.05) is 3.92 Å². The second kappa shape index (κ2) is 3.71. The lowest BCUT2D eigenvalue weighted by Gasteiger charge is -2.50. The van der Waals surface area contributed by atoms with Crippen molar-refractivity contribution in [2.45, 2.75) is 56.3 Å². The first kappa shape index (κ1) is 10.3. The fraction of sp³-hybridized carbons (Fsp3) is 1.00. The van der Waals surface area contributed by atoms with Crippen molar-refractivity contribution >= 4 is 22.6 Å². The summed E-state index contributed by atoms with van der Waals surface area (Å²) in [7, 11) is 0. The standard InChI is InChI=1S/C12H21I/c1-9(2)10-3-5-12(6-4-10)7-11(13)8-12/h9-11H,3-8H2,1-2H3. The van der Waals surface area contributed by atoms with Gasteiger partial charge in [0.1, 0.15) is 0 Å². The maximum absolute atomic E-state index is 2.62. The first-order chi connectivity index (χ1) is 6.11. The molecular formula is C12H21I. The van der Waals surface area contributed by atoms with E-state index in [1.54, 1.807) is 0 Å². The van der Waals surface area contributed by atoms with Gasteiger partial charge in [-0.15, -0.1) is 0 Å². The molecule has 0 aliphatic heterocycles. The largest absolute Gasteiger partial charge is 0.0826 e. The van der Waals surface area contributed by atoms with Gasteiger partial charge in [-0.05, 0) is 55.8 Å². The zero-order valence-electron chi connectivity index (χ0n) is 8.85. The summed E-state index contributed by atoms with van der Waals surface area (Å²) >= 11 is 2.62. The van der Waals surface area contributed by atoms with Crippen molar-refractivity contribution in [1.82, 2.24) is 0 Å². The topological polar surface area (TPSA) is 0 Å². The molecule has 0 aromatic rings. The van der Waals surface area contributed by atoms with Gasteiger partial charge < -0.3 is 0 Å². The third-order valence-corrected chi connectivity index (χ3v) is 5.22. The summed E-state index contributed by atoms with van der Waals surface area (Å²) in [5.74, 6) is 1.96. The first-order valence-electron chi connectivity index (χ1n) is 5.75. The minimum absolute atomic E-state index is 0.831. The number of halogens is 1. The molecule has 2 aliphatic rings. The van der Waals surface area contributed by atoms with E-state index in [1.807, 2.05) is 0 Å². The van der Waals surface area contributed by atoms with Crippen molar-refractivity contribution in [3.63, 3.8) is 0 Å². The van der Waals surface area contributed by atoms with Crippen LogP contribution in [-0.4, -0.2) is 3.92 Å². The van der Waals surface area contributed by atoms with Crippen LogP contribution in [0.15, 0.2) is 0 Å². The molecule has 0 bridgehead atoms. The Labute approximate surface area is 96.0 Å². The molecule has 0 amide bonds. The number of alkyl halides is 1. The van der Waals surface area contributed by atoms with Gasteiger partial charge in [-0.25, -0.2) is 0 Å². The zero-order valence-corrected chi connectivity index (χ0v) is 11.0. The summed E-state index contributed by atoms with van der Waals surface area (Å²) < 4.78 is 1.01. The third-order valence-electron chi connectivity index (χ3n) is 4.34. The smallest absolute Gasteiger partial charge is 0.0120 e. The summed E-state index contributed by atoms with van der Waals surface area (Å²) in [6.45, 7) is 4.79. The summed E-state index contributed by atoms with van der Waals surface area (Å²) in [4.78, 5) is 0. The maximum atomic E-state index is 2.62. The Morgan fingerprint density at radius 1 is 1.15 bits per heavy atom. The predicted octanol–water partition coefficient (Wildman–Crippen LogP) is 4.42. The SMILES string of the molecule is CC(C)C1CCC2(CC1)CC(I)C2. The molecule has 0 atom stereocenters. The van der Waals surface area contributed by atoms with Crippen molar-refractivity contribution in [3.05, 3.63) is 0 Å². The highest BCUT2D eigenvalue weighted by Gasteiger charge is 2.44. The van der Waals surface area contributed by atoms with Gasteiger partial charge in [0.25, 0.3) is 0 Å². The molecule has 0 aromatic carbocycles. The maximum Gasteiger partial charge on any atom is 0.0120 e. The van der Waals surface area contributed by atoms with Crippen LogP contribution in [-0.2, 0) is 0 Å². The van der Waals surface area contributed by atoms with Crippen LogP contribution in [0.2, 0.25) is 0 Å². The van der Waals surface area contributed by atoms with E-state index in [0.29, 0.717) is 0 Å². The lowest BCUT2D eigenvalue weighted by atomic mass is 9.58. The van der Waals surface area contributed by atoms with Crippen molar-refractivity contribution in [2.75, 3.05) is 0 Å². The Kier molecular flexibility index (Phi) is 2.93. The monoisotopic (exact) mass is 292 g/mol. The van der Waals surface area contributed by atoms with Gasteiger partial charge >= 0.3 is 0 Å². The number of rotatable bonds is 1. The molecule has 13 heavy (non-hydrogen) atoms. The van der Waals surface area contributed by atoms with Crippen molar-refractivity contribution < 1.29 is 0 Å². The van der Waals surface area contributed by atoms with Crippen LogP contribution in [0.5, 0.6) is 0 Å². The molecule has 0 unspecified atom stereocenters. The van der Waals surface area contributed by atoms with Crippen LogP contribution in [0.25, 0.3) is 0 Å². The zero-order chi connectivity index (χ0) is 9.47. The van der Waals surface area contributed by atoms with Gasteiger partial charge in [-0.1, -0.05) is 36.4 Å². The summed E-state index contributed by atoms with van der Waals surface area (Å²) in [6, 6.07) is 0. The van der Waals surface area contributed by atoms with E-state index in [2.05, 4.69) is 36.4 Å². The Hall–Kier alpha value is 0.730. The fourth-order valence-electron chi connectivity index (χ4n) is 3.21. The molecule has 1 spiro atoms. The molecule has 2 fully saturated rings. The Morgan fingerprint density at radius 2 is 1.69 bits per heavy atom. The van der Waals surface area contributed by atoms with Crippen molar-refractivity contribution in [2.24, 2.45) is 17.3 Å². The Balaban J connectivity index is 1.83. The Bertz CT molecular complexity index is 170. The van der Waals surface area contributed by atoms with E-state index in [9.17, 15) is 0 Å². The minimum atomic E-state index is 0.831. The first-order valence-corrected chi connectivity index (χ1v) is 7.00. The number of hydrogen-bond acceptors (Lipinski definition) is 0. The Morgan fingerprint density at radius 3 is 2.08 bits per heavy atom. The molecule has 2 aliphatic carbocycles. The fourth-order valence-corrected chi connectivity index (χ4v) is 5.08. The number of hydrogen-bond donors (Lipinski definition) is 0. The molecule has 1 heteroatoms. The van der Waals surface area contributed by atoms with Gasteiger partial charge in [0.15, 0.2) is 0 Å². The van der Waals surface area contributed by atoms with Crippen LogP contribution in [0.1, 0.15) is 52.4 Å². The highest BCUT2D eigenvalue weighted by Crippen LogP contribution is 2.55. The summed E-state index contributed by atoms with van der Waals surface area (Å²) in [6.07, 6.45) is 9.16. The second-order valence-corrected chi connectivity index (χ2v) is 7.35. The van der Waals surface area contributed by atoms with E-state index in [-0.39, 0.29) is 0 Å². The average molecular weight is 292 g/mol. The van der Waals surface area contributed by atoms with Gasteiger partial charge in [0.05, 0.1) is 0 Å². The molecule has 0 N–H and O–H groups in total. The minimum Gasteiger partial charge on any atom is -0.0826 e. The quantitative estimate of drug-likeness (QED) is 0.496. The molecule has 0 heterocycles. The van der Waals surface area contributed by atoms with Crippen molar-refractivity contribution in [3.8, 4) is 0 Å². The highest BCUT2D eigenvalue weighted by atomic mass is 127. The van der Waals surface area contributed by atoms with E-state index in [0.717, 1.165) is 21.2 Å². The van der Waals surface area contributed by atoms with Gasteiger partial charge in [-0.3, -0.25) is 0 Å². The molecule has 2 saturated carbocycles.